The van der Waals surface area contributed by atoms with Crippen LogP contribution in [0.1, 0.15) is 24.7 Å². The largest absolute Gasteiger partial charge is 0.467 e. The van der Waals surface area contributed by atoms with Crippen LogP contribution in [0.2, 0.25) is 0 Å². The zero-order valence-electron chi connectivity index (χ0n) is 16.6. The molecule has 0 radical (unpaired) electrons. The predicted molar refractivity (Wildman–Crippen MR) is 107 cm³/mol. The number of nitrogens with zero attached hydrogens (tertiary/aromatic N) is 2. The van der Waals surface area contributed by atoms with E-state index in [4.69, 9.17) is 9.15 Å². The van der Waals surface area contributed by atoms with Crippen molar-refractivity contribution in [2.24, 2.45) is 0 Å². The molecule has 152 valence electrons. The molecule has 0 saturated heterocycles. The molecule has 0 unspecified atom stereocenters. The molecule has 0 aliphatic heterocycles. The number of methoxy groups -OCH3 is 1. The molecular formula is C21H29N3O4. The molecular weight excluding hydrogens is 358 g/mol. The van der Waals surface area contributed by atoms with Crippen molar-refractivity contribution in [2.45, 2.75) is 26.4 Å². The molecule has 1 aromatic carbocycles. The van der Waals surface area contributed by atoms with Crippen molar-refractivity contribution in [3.05, 3.63) is 60.1 Å². The van der Waals surface area contributed by atoms with Gasteiger partial charge in [0.1, 0.15) is 12.3 Å². The summed E-state index contributed by atoms with van der Waals surface area (Å²) in [6, 6.07) is 13.2. The van der Waals surface area contributed by atoms with Gasteiger partial charge in [0.25, 0.3) is 0 Å². The highest BCUT2D eigenvalue weighted by Gasteiger charge is 2.22. The SMILES string of the molecule is CCNC(=O)N(CCCOC)CC(=O)N(Cc1ccccc1)Cc1ccco1. The van der Waals surface area contributed by atoms with Crippen molar-refractivity contribution < 1.29 is 18.7 Å². The number of carbonyl (C=O) groups is 2. The number of nitrogens with one attached hydrogen (secondary N) is 1. The van der Waals surface area contributed by atoms with Crippen LogP contribution >= 0.6 is 0 Å². The van der Waals surface area contributed by atoms with Gasteiger partial charge in [0.05, 0.1) is 12.8 Å². The molecule has 0 aliphatic carbocycles. The fourth-order valence-corrected chi connectivity index (χ4v) is 2.81. The number of urea groups is 1. The second-order valence-electron chi connectivity index (χ2n) is 6.42. The van der Waals surface area contributed by atoms with E-state index in [1.54, 1.807) is 24.3 Å². The van der Waals surface area contributed by atoms with Gasteiger partial charge in [0.15, 0.2) is 0 Å². The Kier molecular flexibility index (Phi) is 9.07. The van der Waals surface area contributed by atoms with E-state index < -0.39 is 0 Å². The third kappa shape index (κ3) is 7.08. The Bertz CT molecular complexity index is 704. The first kappa shape index (κ1) is 21.5. The highest BCUT2D eigenvalue weighted by atomic mass is 16.5. The summed E-state index contributed by atoms with van der Waals surface area (Å²) in [7, 11) is 1.62. The van der Waals surface area contributed by atoms with Crippen LogP contribution in [0.5, 0.6) is 0 Å². The first-order valence-corrected chi connectivity index (χ1v) is 9.49. The van der Waals surface area contributed by atoms with Crippen molar-refractivity contribution in [1.82, 2.24) is 15.1 Å². The van der Waals surface area contributed by atoms with Gasteiger partial charge in [0, 0.05) is 33.4 Å². The second kappa shape index (κ2) is 11.8. The summed E-state index contributed by atoms with van der Waals surface area (Å²) < 4.78 is 10.5. The van der Waals surface area contributed by atoms with E-state index >= 15 is 0 Å². The fraction of sp³-hybridized carbons (Fsp3) is 0.429. The molecule has 0 atom stereocenters. The Labute approximate surface area is 166 Å². The minimum Gasteiger partial charge on any atom is -0.467 e. The fourth-order valence-electron chi connectivity index (χ4n) is 2.81. The topological polar surface area (TPSA) is 75.0 Å². The Balaban J connectivity index is 2.09. The van der Waals surface area contributed by atoms with Crippen LogP contribution in [0.15, 0.2) is 53.1 Å². The molecule has 28 heavy (non-hydrogen) atoms. The molecule has 1 heterocycles. The van der Waals surface area contributed by atoms with E-state index in [1.165, 1.54) is 4.90 Å². The van der Waals surface area contributed by atoms with Gasteiger partial charge in [-0.15, -0.1) is 0 Å². The summed E-state index contributed by atoms with van der Waals surface area (Å²) in [5.41, 5.74) is 1.02. The Hall–Kier alpha value is -2.80. The normalized spacial score (nSPS) is 10.5. The van der Waals surface area contributed by atoms with Crippen molar-refractivity contribution >= 4 is 11.9 Å². The van der Waals surface area contributed by atoms with Crippen molar-refractivity contribution in [3.63, 3.8) is 0 Å². The van der Waals surface area contributed by atoms with E-state index in [0.29, 0.717) is 45.0 Å². The van der Waals surface area contributed by atoms with E-state index in [0.717, 1.165) is 5.56 Å². The summed E-state index contributed by atoms with van der Waals surface area (Å²) in [4.78, 5) is 28.7. The van der Waals surface area contributed by atoms with Gasteiger partial charge in [-0.2, -0.15) is 0 Å². The van der Waals surface area contributed by atoms with Crippen LogP contribution in [0, 0.1) is 0 Å². The van der Waals surface area contributed by atoms with Gasteiger partial charge < -0.3 is 24.3 Å². The van der Waals surface area contributed by atoms with Crippen LogP contribution in [-0.2, 0) is 22.6 Å². The van der Waals surface area contributed by atoms with Crippen LogP contribution in [0.3, 0.4) is 0 Å². The van der Waals surface area contributed by atoms with E-state index in [2.05, 4.69) is 5.32 Å². The second-order valence-corrected chi connectivity index (χ2v) is 6.42. The maximum Gasteiger partial charge on any atom is 0.317 e. The summed E-state index contributed by atoms with van der Waals surface area (Å²) in [5, 5.41) is 2.77. The Morgan fingerprint density at radius 1 is 1.07 bits per heavy atom. The van der Waals surface area contributed by atoms with E-state index in [9.17, 15) is 9.59 Å². The van der Waals surface area contributed by atoms with E-state index in [1.807, 2.05) is 43.3 Å². The number of amides is 3. The lowest BCUT2D eigenvalue weighted by atomic mass is 10.2. The minimum atomic E-state index is -0.246. The summed E-state index contributed by atoms with van der Waals surface area (Å²) in [6.07, 6.45) is 2.25. The number of furan rings is 1. The van der Waals surface area contributed by atoms with Gasteiger partial charge in [-0.1, -0.05) is 30.3 Å². The van der Waals surface area contributed by atoms with Gasteiger partial charge >= 0.3 is 6.03 Å². The zero-order valence-corrected chi connectivity index (χ0v) is 16.6. The molecule has 0 spiro atoms. The van der Waals surface area contributed by atoms with Crippen molar-refractivity contribution in [2.75, 3.05) is 33.4 Å². The van der Waals surface area contributed by atoms with Gasteiger partial charge in [0.2, 0.25) is 5.91 Å². The molecule has 7 heteroatoms. The molecule has 0 fully saturated rings. The lowest BCUT2D eigenvalue weighted by molar-refractivity contribution is -0.133. The van der Waals surface area contributed by atoms with Gasteiger partial charge in [-0.05, 0) is 31.0 Å². The summed E-state index contributed by atoms with van der Waals surface area (Å²) in [6.45, 7) is 4.14. The van der Waals surface area contributed by atoms with Crippen molar-refractivity contribution in [3.8, 4) is 0 Å². The number of ether oxygens (including phenoxy) is 1. The lowest BCUT2D eigenvalue weighted by Crippen LogP contribution is -2.47. The Morgan fingerprint density at radius 2 is 1.86 bits per heavy atom. The minimum absolute atomic E-state index is 0.00307. The molecule has 0 bridgehead atoms. The average molecular weight is 387 g/mol. The lowest BCUT2D eigenvalue weighted by Gasteiger charge is -2.27. The first-order valence-electron chi connectivity index (χ1n) is 9.49. The number of hydrogen-bond donors (Lipinski definition) is 1. The van der Waals surface area contributed by atoms with Crippen LogP contribution in [0.4, 0.5) is 4.79 Å². The monoisotopic (exact) mass is 387 g/mol. The Morgan fingerprint density at radius 3 is 2.50 bits per heavy atom. The molecule has 1 aromatic heterocycles. The number of carbonyl (C=O) groups excluding carboxylic acids is 2. The van der Waals surface area contributed by atoms with Gasteiger partial charge in [-0.25, -0.2) is 4.79 Å². The molecule has 0 aliphatic rings. The van der Waals surface area contributed by atoms with Crippen molar-refractivity contribution in [1.29, 1.82) is 0 Å². The molecule has 3 amide bonds. The molecule has 2 rings (SSSR count). The number of benzene rings is 1. The molecule has 7 nitrogen and oxygen atoms in total. The molecule has 2 aromatic rings. The smallest absolute Gasteiger partial charge is 0.317 e. The van der Waals surface area contributed by atoms with Gasteiger partial charge in [-0.3, -0.25) is 4.79 Å². The molecule has 0 saturated carbocycles. The number of rotatable bonds is 11. The molecule has 1 N–H and O–H groups in total. The number of hydrogen-bond acceptors (Lipinski definition) is 4. The first-order chi connectivity index (χ1) is 13.6. The maximum atomic E-state index is 13.1. The third-order valence-electron chi connectivity index (χ3n) is 4.21. The summed E-state index contributed by atoms with van der Waals surface area (Å²) >= 11 is 0. The average Bonchev–Trinajstić information content (AvgIpc) is 3.21. The highest BCUT2D eigenvalue weighted by molar-refractivity contribution is 5.84. The maximum absolute atomic E-state index is 13.1. The zero-order chi connectivity index (χ0) is 20.2. The standard InChI is InChI=1S/C21H29N3O4/c1-3-22-21(26)23(12-8-13-27-2)17-20(25)24(16-19-11-7-14-28-19)15-18-9-5-4-6-10-18/h4-7,9-11,14H,3,8,12-13,15-17H2,1-2H3,(H,22,26). The van der Waals surface area contributed by atoms with Crippen LogP contribution < -0.4 is 5.32 Å². The third-order valence-corrected chi connectivity index (χ3v) is 4.21. The van der Waals surface area contributed by atoms with E-state index in [-0.39, 0.29) is 18.5 Å². The van der Waals surface area contributed by atoms with Crippen LogP contribution in [0.25, 0.3) is 0 Å². The highest BCUT2D eigenvalue weighted by Crippen LogP contribution is 2.12. The van der Waals surface area contributed by atoms with Crippen LogP contribution in [-0.4, -0.2) is 55.1 Å². The quantitative estimate of drug-likeness (QED) is 0.602. The summed E-state index contributed by atoms with van der Waals surface area (Å²) in [5.74, 6) is 0.567. The predicted octanol–water partition coefficient (Wildman–Crippen LogP) is 2.88.